The van der Waals surface area contributed by atoms with Gasteiger partial charge in [-0.05, 0) is 38.7 Å². The molecular weight excluding hydrogens is 414 g/mol. The van der Waals surface area contributed by atoms with Crippen molar-refractivity contribution >= 4 is 23.1 Å². The second-order valence-corrected chi connectivity index (χ2v) is 7.61. The molecule has 1 N–H and O–H groups in total. The number of nitro benzene ring substituents is 1. The Morgan fingerprint density at radius 2 is 1.91 bits per heavy atom. The lowest BCUT2D eigenvalue weighted by molar-refractivity contribution is -0.384. The van der Waals surface area contributed by atoms with Gasteiger partial charge in [0.15, 0.2) is 0 Å². The third kappa shape index (κ3) is 4.62. The quantitative estimate of drug-likeness (QED) is 0.221. The number of carbonyl (C=O) groups is 2. The van der Waals surface area contributed by atoms with Gasteiger partial charge in [-0.2, -0.15) is 0 Å². The Morgan fingerprint density at radius 3 is 2.56 bits per heavy atom. The fourth-order valence-electron chi connectivity index (χ4n) is 3.63. The van der Waals surface area contributed by atoms with Crippen molar-refractivity contribution in [2.75, 3.05) is 33.8 Å². The van der Waals surface area contributed by atoms with Gasteiger partial charge in [0.2, 0.25) is 0 Å². The number of hydrogen-bond donors (Lipinski definition) is 1. The summed E-state index contributed by atoms with van der Waals surface area (Å²) in [5, 5.41) is 22.4. The summed E-state index contributed by atoms with van der Waals surface area (Å²) in [6.45, 7) is 2.93. The second kappa shape index (κ2) is 9.61. The number of non-ortho nitro benzene ring substituents is 1. The first-order valence-corrected chi connectivity index (χ1v) is 10.1. The molecule has 1 fully saturated rings. The monoisotopic (exact) mass is 439 g/mol. The van der Waals surface area contributed by atoms with Crippen molar-refractivity contribution in [2.24, 2.45) is 0 Å². The van der Waals surface area contributed by atoms with Crippen molar-refractivity contribution in [2.45, 2.75) is 13.0 Å². The maximum Gasteiger partial charge on any atom is 0.295 e. The third-order valence-corrected chi connectivity index (χ3v) is 5.14. The number of ether oxygens (including phenoxy) is 1. The molecular formula is C23H25N3O6. The van der Waals surface area contributed by atoms with Crippen LogP contribution >= 0.6 is 0 Å². The number of amides is 1. The summed E-state index contributed by atoms with van der Waals surface area (Å²) in [4.78, 5) is 39.9. The number of hydrogen-bond acceptors (Lipinski definition) is 7. The molecule has 0 saturated carbocycles. The maximum atomic E-state index is 13.0. The van der Waals surface area contributed by atoms with E-state index in [0.717, 1.165) is 0 Å². The zero-order valence-corrected chi connectivity index (χ0v) is 18.1. The van der Waals surface area contributed by atoms with Crippen LogP contribution in [0.3, 0.4) is 0 Å². The van der Waals surface area contributed by atoms with Crippen molar-refractivity contribution in [1.29, 1.82) is 0 Å². The Morgan fingerprint density at radius 1 is 1.19 bits per heavy atom. The lowest BCUT2D eigenvalue weighted by Gasteiger charge is -2.26. The predicted octanol–water partition coefficient (Wildman–Crippen LogP) is 2.98. The highest BCUT2D eigenvalue weighted by atomic mass is 16.6. The van der Waals surface area contributed by atoms with Crippen LogP contribution in [0.5, 0.6) is 5.75 Å². The number of nitro groups is 1. The molecule has 1 aliphatic heterocycles. The van der Waals surface area contributed by atoms with E-state index in [2.05, 4.69) is 0 Å². The van der Waals surface area contributed by atoms with E-state index < -0.39 is 22.7 Å². The van der Waals surface area contributed by atoms with Gasteiger partial charge in [0, 0.05) is 30.8 Å². The molecule has 1 heterocycles. The van der Waals surface area contributed by atoms with E-state index in [0.29, 0.717) is 30.0 Å². The van der Waals surface area contributed by atoms with Gasteiger partial charge < -0.3 is 19.6 Å². The molecule has 168 valence electrons. The SMILES string of the molecule is CCOc1cccc(/C(O)=C2\C(=O)C(=O)N(CCN(C)C)C2c2cccc([N+](=O)[O-])c2)c1. The molecule has 2 aromatic carbocycles. The Hall–Kier alpha value is -3.72. The number of ketones is 1. The van der Waals surface area contributed by atoms with Crippen molar-refractivity contribution in [1.82, 2.24) is 9.80 Å². The summed E-state index contributed by atoms with van der Waals surface area (Å²) in [5.74, 6) is -1.44. The van der Waals surface area contributed by atoms with E-state index in [1.165, 1.54) is 23.1 Å². The van der Waals surface area contributed by atoms with Crippen LogP contribution < -0.4 is 4.74 Å². The van der Waals surface area contributed by atoms with Gasteiger partial charge >= 0.3 is 0 Å². The van der Waals surface area contributed by atoms with Crippen molar-refractivity contribution < 1.29 is 24.4 Å². The fourth-order valence-corrected chi connectivity index (χ4v) is 3.63. The van der Waals surface area contributed by atoms with Crippen LogP contribution in [0.1, 0.15) is 24.1 Å². The lowest BCUT2D eigenvalue weighted by Crippen LogP contribution is -2.35. The smallest absolute Gasteiger partial charge is 0.295 e. The van der Waals surface area contributed by atoms with Crippen LogP contribution in [-0.4, -0.2) is 65.3 Å². The summed E-state index contributed by atoms with van der Waals surface area (Å²) in [7, 11) is 3.66. The summed E-state index contributed by atoms with van der Waals surface area (Å²) >= 11 is 0. The highest BCUT2D eigenvalue weighted by Gasteiger charge is 2.46. The van der Waals surface area contributed by atoms with Crippen LogP contribution in [0, 0.1) is 10.1 Å². The van der Waals surface area contributed by atoms with Crippen LogP contribution in [0.15, 0.2) is 54.1 Å². The number of aliphatic hydroxyl groups excluding tert-OH is 1. The highest BCUT2D eigenvalue weighted by Crippen LogP contribution is 2.40. The van der Waals surface area contributed by atoms with Crippen LogP contribution in [0.2, 0.25) is 0 Å². The molecule has 0 radical (unpaired) electrons. The lowest BCUT2D eigenvalue weighted by atomic mass is 9.95. The molecule has 1 amide bonds. The largest absolute Gasteiger partial charge is 0.507 e. The van der Waals surface area contributed by atoms with E-state index in [1.807, 2.05) is 25.9 Å². The minimum atomic E-state index is -0.953. The normalized spacial score (nSPS) is 17.8. The number of benzene rings is 2. The zero-order valence-electron chi connectivity index (χ0n) is 18.1. The van der Waals surface area contributed by atoms with Crippen LogP contribution in [0.25, 0.3) is 5.76 Å². The molecule has 0 spiro atoms. The van der Waals surface area contributed by atoms with Gasteiger partial charge in [-0.1, -0.05) is 24.3 Å². The maximum absolute atomic E-state index is 13.0. The number of aliphatic hydroxyl groups is 1. The van der Waals surface area contributed by atoms with Gasteiger partial charge in [0.25, 0.3) is 17.4 Å². The van der Waals surface area contributed by atoms with Gasteiger partial charge in [0.1, 0.15) is 11.5 Å². The Kier molecular flexibility index (Phi) is 6.89. The van der Waals surface area contributed by atoms with Gasteiger partial charge in [-0.25, -0.2) is 0 Å². The van der Waals surface area contributed by atoms with Crippen LogP contribution in [0.4, 0.5) is 5.69 Å². The molecule has 1 saturated heterocycles. The number of likely N-dealkylation sites (tertiary alicyclic amines) is 1. The molecule has 32 heavy (non-hydrogen) atoms. The van der Waals surface area contributed by atoms with E-state index >= 15 is 0 Å². The van der Waals surface area contributed by atoms with Crippen molar-refractivity contribution in [3.63, 3.8) is 0 Å². The molecule has 9 heteroatoms. The predicted molar refractivity (Wildman–Crippen MR) is 118 cm³/mol. The standard InChI is InChI=1S/C23H25N3O6/c1-4-32-18-10-6-8-16(14-18)21(27)19-20(15-7-5-9-17(13-15)26(30)31)25(12-11-24(2)3)23(29)22(19)28/h5-10,13-14,20,27H,4,11-12H2,1-3H3/b21-19+. The van der Waals surface area contributed by atoms with E-state index in [-0.39, 0.29) is 23.6 Å². The summed E-state index contributed by atoms with van der Waals surface area (Å²) in [6, 6.07) is 11.4. The Balaban J connectivity index is 2.17. The minimum Gasteiger partial charge on any atom is -0.507 e. The molecule has 1 atom stereocenters. The topological polar surface area (TPSA) is 113 Å². The summed E-state index contributed by atoms with van der Waals surface area (Å²) in [6.07, 6.45) is 0. The Bertz CT molecular complexity index is 1080. The zero-order chi connectivity index (χ0) is 23.4. The number of nitrogens with zero attached hydrogens (tertiary/aromatic N) is 3. The average Bonchev–Trinajstić information content (AvgIpc) is 3.02. The molecule has 0 aromatic heterocycles. The summed E-state index contributed by atoms with van der Waals surface area (Å²) in [5.41, 5.74) is 0.415. The number of carbonyl (C=O) groups excluding carboxylic acids is 2. The second-order valence-electron chi connectivity index (χ2n) is 7.61. The van der Waals surface area contributed by atoms with Gasteiger partial charge in [-0.15, -0.1) is 0 Å². The van der Waals surface area contributed by atoms with Crippen molar-refractivity contribution in [3.05, 3.63) is 75.3 Å². The third-order valence-electron chi connectivity index (χ3n) is 5.14. The first kappa shape index (κ1) is 23.0. The first-order valence-electron chi connectivity index (χ1n) is 10.1. The number of likely N-dealkylation sites (N-methyl/N-ethyl adjacent to an activating group) is 1. The van der Waals surface area contributed by atoms with Gasteiger partial charge in [-0.3, -0.25) is 19.7 Å². The molecule has 0 aliphatic carbocycles. The molecule has 2 aromatic rings. The Labute approximate surface area is 185 Å². The number of rotatable bonds is 8. The number of Topliss-reactive ketones (excluding diaryl/α,β-unsaturated/α-hetero) is 1. The molecule has 0 bridgehead atoms. The van der Waals surface area contributed by atoms with E-state index in [1.54, 1.807) is 30.3 Å². The molecule has 1 unspecified atom stereocenters. The summed E-state index contributed by atoms with van der Waals surface area (Å²) < 4.78 is 5.47. The molecule has 1 aliphatic rings. The highest BCUT2D eigenvalue weighted by molar-refractivity contribution is 6.46. The van der Waals surface area contributed by atoms with E-state index in [9.17, 15) is 24.8 Å². The van der Waals surface area contributed by atoms with Gasteiger partial charge in [0.05, 0.1) is 23.1 Å². The minimum absolute atomic E-state index is 0.108. The van der Waals surface area contributed by atoms with Crippen LogP contribution in [-0.2, 0) is 9.59 Å². The molecule has 9 nitrogen and oxygen atoms in total. The van der Waals surface area contributed by atoms with E-state index in [4.69, 9.17) is 4.74 Å². The fraction of sp³-hybridized carbons (Fsp3) is 0.304. The average molecular weight is 439 g/mol. The van der Waals surface area contributed by atoms with Crippen molar-refractivity contribution in [3.8, 4) is 5.75 Å². The molecule has 3 rings (SSSR count). The first-order chi connectivity index (χ1) is 15.2.